The number of hydrogen-bond donors (Lipinski definition) is 0. The van der Waals surface area contributed by atoms with Crippen LogP contribution in [0.25, 0.3) is 17.2 Å². The Morgan fingerprint density at radius 2 is 1.89 bits per heavy atom. The van der Waals surface area contributed by atoms with Crippen molar-refractivity contribution in [3.8, 4) is 17.2 Å². The van der Waals surface area contributed by atoms with Gasteiger partial charge in [0.15, 0.2) is 0 Å². The summed E-state index contributed by atoms with van der Waals surface area (Å²) in [6.07, 6.45) is 4.68. The topological polar surface area (TPSA) is 56.5 Å². The van der Waals surface area contributed by atoms with E-state index in [4.69, 9.17) is 11.6 Å². The van der Waals surface area contributed by atoms with E-state index < -0.39 is 0 Å². The highest BCUT2D eigenvalue weighted by molar-refractivity contribution is 6.29. The van der Waals surface area contributed by atoms with Gasteiger partial charge in [-0.25, -0.2) is 14.6 Å². The van der Waals surface area contributed by atoms with E-state index in [1.807, 2.05) is 30.3 Å². The Labute approximate surface area is 108 Å². The fraction of sp³-hybridized carbons (Fsp3) is 0. The van der Waals surface area contributed by atoms with Crippen molar-refractivity contribution in [2.75, 3.05) is 0 Å². The molecule has 0 amide bonds. The summed E-state index contributed by atoms with van der Waals surface area (Å²) in [5, 5.41) is 4.66. The summed E-state index contributed by atoms with van der Waals surface area (Å²) in [6, 6.07) is 9.72. The monoisotopic (exact) mass is 257 g/mol. The quantitative estimate of drug-likeness (QED) is 0.707. The first-order chi connectivity index (χ1) is 8.83. The van der Waals surface area contributed by atoms with Crippen LogP contribution in [0.15, 0.2) is 49.1 Å². The molecule has 0 unspecified atom stereocenters. The molecule has 1 aromatic carbocycles. The Morgan fingerprint density at radius 3 is 2.67 bits per heavy atom. The third kappa shape index (κ3) is 2.08. The summed E-state index contributed by atoms with van der Waals surface area (Å²) in [6.45, 7) is 0. The van der Waals surface area contributed by atoms with Gasteiger partial charge in [-0.05, 0) is 12.1 Å². The van der Waals surface area contributed by atoms with Crippen LogP contribution in [0.4, 0.5) is 0 Å². The van der Waals surface area contributed by atoms with Crippen molar-refractivity contribution in [1.82, 2.24) is 24.7 Å². The first-order valence-corrected chi connectivity index (χ1v) is 5.66. The Morgan fingerprint density at radius 1 is 1.06 bits per heavy atom. The molecule has 0 spiro atoms. The molecule has 18 heavy (non-hydrogen) atoms. The molecule has 2 heterocycles. The second-order valence-corrected chi connectivity index (χ2v) is 3.96. The number of rotatable bonds is 2. The molecular weight excluding hydrogens is 250 g/mol. The van der Waals surface area contributed by atoms with Crippen molar-refractivity contribution in [3.63, 3.8) is 0 Å². The number of halogens is 1. The van der Waals surface area contributed by atoms with Crippen LogP contribution in [0.3, 0.4) is 0 Å². The second-order valence-electron chi connectivity index (χ2n) is 3.58. The molecule has 3 aromatic rings. The summed E-state index contributed by atoms with van der Waals surface area (Å²) in [5.41, 5.74) is 1.49. The van der Waals surface area contributed by atoms with Crippen LogP contribution in [0, 0.1) is 0 Å². The maximum atomic E-state index is 5.78. The molecule has 3 rings (SSSR count). The largest absolute Gasteiger partial charge is 0.259 e. The molecule has 5 nitrogen and oxygen atoms in total. The van der Waals surface area contributed by atoms with Gasteiger partial charge in [0.25, 0.3) is 0 Å². The lowest BCUT2D eigenvalue weighted by Crippen LogP contribution is -1.95. The van der Waals surface area contributed by atoms with Crippen molar-refractivity contribution in [1.29, 1.82) is 0 Å². The Kier molecular flexibility index (Phi) is 2.74. The van der Waals surface area contributed by atoms with Crippen molar-refractivity contribution in [2.45, 2.75) is 0 Å². The number of hydrogen-bond acceptors (Lipinski definition) is 4. The van der Waals surface area contributed by atoms with Crippen molar-refractivity contribution in [2.24, 2.45) is 0 Å². The van der Waals surface area contributed by atoms with E-state index in [1.54, 1.807) is 17.2 Å². The number of para-hydroxylation sites is 1. The summed E-state index contributed by atoms with van der Waals surface area (Å²) in [5.74, 6) is 0.494. The smallest absolute Gasteiger partial charge is 0.201 e. The predicted octanol–water partition coefficient (Wildman–Crippen LogP) is 2.38. The average Bonchev–Trinajstić information content (AvgIpc) is 2.89. The fourth-order valence-electron chi connectivity index (χ4n) is 1.54. The van der Waals surface area contributed by atoms with Crippen LogP contribution in [-0.2, 0) is 0 Å². The molecule has 0 aliphatic carbocycles. The molecule has 6 heteroatoms. The van der Waals surface area contributed by atoms with Gasteiger partial charge in [0, 0.05) is 0 Å². The summed E-state index contributed by atoms with van der Waals surface area (Å²) >= 11 is 5.78. The van der Waals surface area contributed by atoms with Crippen LogP contribution in [0.5, 0.6) is 0 Å². The fourth-order valence-corrected chi connectivity index (χ4v) is 1.68. The molecule has 0 fully saturated rings. The SMILES string of the molecule is Clc1cncc(-c2ncn(-c3ccccc3)n2)n1. The summed E-state index contributed by atoms with van der Waals surface area (Å²) < 4.78 is 1.68. The van der Waals surface area contributed by atoms with Gasteiger partial charge in [-0.1, -0.05) is 29.8 Å². The highest BCUT2D eigenvalue weighted by atomic mass is 35.5. The van der Waals surface area contributed by atoms with Crippen LogP contribution in [-0.4, -0.2) is 24.7 Å². The summed E-state index contributed by atoms with van der Waals surface area (Å²) in [4.78, 5) is 12.3. The molecular formula is C12H8ClN5. The highest BCUT2D eigenvalue weighted by Crippen LogP contribution is 2.14. The third-order valence-electron chi connectivity index (χ3n) is 2.35. The van der Waals surface area contributed by atoms with Gasteiger partial charge in [0.2, 0.25) is 5.82 Å². The Bertz CT molecular complexity index is 665. The van der Waals surface area contributed by atoms with Crippen molar-refractivity contribution >= 4 is 11.6 Å². The predicted molar refractivity (Wildman–Crippen MR) is 67.4 cm³/mol. The maximum Gasteiger partial charge on any atom is 0.201 e. The number of benzene rings is 1. The minimum atomic E-state index is 0.323. The van der Waals surface area contributed by atoms with Gasteiger partial charge in [-0.2, -0.15) is 0 Å². The van der Waals surface area contributed by atoms with Gasteiger partial charge in [-0.15, -0.1) is 5.10 Å². The Balaban J connectivity index is 2.00. The zero-order valence-corrected chi connectivity index (χ0v) is 9.99. The van der Waals surface area contributed by atoms with Crippen LogP contribution in [0.1, 0.15) is 0 Å². The van der Waals surface area contributed by atoms with Crippen LogP contribution >= 0.6 is 11.6 Å². The Hall–Kier alpha value is -2.27. The number of aromatic nitrogens is 5. The second kappa shape index (κ2) is 4.54. The standard InChI is InChI=1S/C12H8ClN5/c13-11-7-14-6-10(16-11)12-15-8-18(17-12)9-4-2-1-3-5-9/h1-8H. The van der Waals surface area contributed by atoms with Crippen LogP contribution in [0.2, 0.25) is 5.15 Å². The molecule has 0 aliphatic rings. The third-order valence-corrected chi connectivity index (χ3v) is 2.53. The van der Waals surface area contributed by atoms with E-state index in [2.05, 4.69) is 20.1 Å². The first kappa shape index (κ1) is 10.9. The molecule has 0 atom stereocenters. The zero-order chi connectivity index (χ0) is 12.4. The van der Waals surface area contributed by atoms with Gasteiger partial charge < -0.3 is 0 Å². The minimum absolute atomic E-state index is 0.323. The van der Waals surface area contributed by atoms with Crippen molar-refractivity contribution < 1.29 is 0 Å². The highest BCUT2D eigenvalue weighted by Gasteiger charge is 2.07. The maximum absolute atomic E-state index is 5.78. The van der Waals surface area contributed by atoms with E-state index in [9.17, 15) is 0 Å². The lowest BCUT2D eigenvalue weighted by Gasteiger charge is -1.98. The van der Waals surface area contributed by atoms with Crippen LogP contribution < -0.4 is 0 Å². The molecule has 0 radical (unpaired) electrons. The van der Waals surface area contributed by atoms with Gasteiger partial charge in [-0.3, -0.25) is 4.98 Å². The van der Waals surface area contributed by atoms with E-state index in [0.29, 0.717) is 16.7 Å². The average molecular weight is 258 g/mol. The van der Waals surface area contributed by atoms with E-state index in [-0.39, 0.29) is 0 Å². The molecule has 0 saturated heterocycles. The van der Waals surface area contributed by atoms with E-state index in [0.717, 1.165) is 5.69 Å². The van der Waals surface area contributed by atoms with Gasteiger partial charge in [0.05, 0.1) is 18.1 Å². The van der Waals surface area contributed by atoms with Gasteiger partial charge in [0.1, 0.15) is 17.2 Å². The molecule has 0 N–H and O–H groups in total. The van der Waals surface area contributed by atoms with Crippen molar-refractivity contribution in [3.05, 3.63) is 54.2 Å². The lowest BCUT2D eigenvalue weighted by molar-refractivity contribution is 0.880. The van der Waals surface area contributed by atoms with E-state index in [1.165, 1.54) is 6.20 Å². The molecule has 2 aromatic heterocycles. The zero-order valence-electron chi connectivity index (χ0n) is 9.23. The summed E-state index contributed by atoms with van der Waals surface area (Å²) in [7, 11) is 0. The number of nitrogens with zero attached hydrogens (tertiary/aromatic N) is 5. The van der Waals surface area contributed by atoms with E-state index >= 15 is 0 Å². The molecule has 0 aliphatic heterocycles. The first-order valence-electron chi connectivity index (χ1n) is 5.28. The molecule has 88 valence electrons. The molecule has 0 bridgehead atoms. The van der Waals surface area contributed by atoms with Gasteiger partial charge >= 0.3 is 0 Å². The minimum Gasteiger partial charge on any atom is -0.259 e. The lowest BCUT2D eigenvalue weighted by atomic mass is 10.3. The normalized spacial score (nSPS) is 10.5. The molecule has 0 saturated carbocycles.